The lowest BCUT2D eigenvalue weighted by molar-refractivity contribution is 0.126. The minimum absolute atomic E-state index is 0.163. The van der Waals surface area contributed by atoms with E-state index in [1.165, 1.54) is 11.6 Å². The van der Waals surface area contributed by atoms with Crippen LogP contribution in [0, 0.1) is 5.82 Å². The van der Waals surface area contributed by atoms with Crippen LogP contribution in [0.5, 0.6) is 0 Å². The first-order chi connectivity index (χ1) is 13.2. The van der Waals surface area contributed by atoms with Gasteiger partial charge in [0.2, 0.25) is 0 Å². The molecule has 2 heterocycles. The lowest BCUT2D eigenvalue weighted by Gasteiger charge is -2.35. The lowest BCUT2D eigenvalue weighted by Crippen LogP contribution is -2.46. The Hall–Kier alpha value is -2.11. The Bertz CT molecular complexity index is 743. The highest BCUT2D eigenvalue weighted by atomic mass is 19.1. The van der Waals surface area contributed by atoms with Crippen molar-refractivity contribution in [2.45, 2.75) is 26.1 Å². The van der Waals surface area contributed by atoms with Crippen LogP contribution in [-0.4, -0.2) is 55.2 Å². The first kappa shape index (κ1) is 18.3. The maximum Gasteiger partial charge on any atom is 0.125 e. The van der Waals surface area contributed by atoms with E-state index in [4.69, 9.17) is 0 Å². The summed E-state index contributed by atoms with van der Waals surface area (Å²) >= 11 is 0. The average molecular weight is 369 g/mol. The zero-order valence-corrected chi connectivity index (χ0v) is 16.1. The summed E-state index contributed by atoms with van der Waals surface area (Å²) in [6.45, 7) is 9.77. The molecule has 144 valence electrons. The zero-order chi connectivity index (χ0) is 18.6. The number of nitrogens with zero attached hydrogens (tertiary/aromatic N) is 3. The molecule has 1 unspecified atom stereocenters. The summed E-state index contributed by atoms with van der Waals surface area (Å²) in [4.78, 5) is 7.38. The van der Waals surface area contributed by atoms with Crippen LogP contribution in [0.25, 0.3) is 0 Å². The van der Waals surface area contributed by atoms with Gasteiger partial charge in [-0.2, -0.15) is 0 Å². The monoisotopic (exact) mass is 368 g/mol. The summed E-state index contributed by atoms with van der Waals surface area (Å²) in [5.41, 5.74) is 3.43. The summed E-state index contributed by atoms with van der Waals surface area (Å²) in [5.74, 6) is -0.163. The van der Waals surface area contributed by atoms with Crippen molar-refractivity contribution in [3.8, 4) is 0 Å². The topological polar surface area (TPSA) is 21.8 Å². The molecular formula is C22H29FN4. The van der Waals surface area contributed by atoms with Gasteiger partial charge < -0.3 is 15.1 Å². The maximum absolute atomic E-state index is 13.6. The van der Waals surface area contributed by atoms with Crippen molar-refractivity contribution in [2.24, 2.45) is 0 Å². The summed E-state index contributed by atoms with van der Waals surface area (Å²) in [5, 5.41) is 3.43. The van der Waals surface area contributed by atoms with Crippen LogP contribution in [-0.2, 0) is 6.54 Å². The van der Waals surface area contributed by atoms with Gasteiger partial charge in [-0.25, -0.2) is 4.39 Å². The number of benzene rings is 2. The molecular weight excluding hydrogens is 339 g/mol. The van der Waals surface area contributed by atoms with Crippen LogP contribution in [0.15, 0.2) is 48.5 Å². The van der Waals surface area contributed by atoms with Gasteiger partial charge in [0.15, 0.2) is 0 Å². The van der Waals surface area contributed by atoms with Crippen LogP contribution < -0.4 is 10.2 Å². The quantitative estimate of drug-likeness (QED) is 0.841. The molecule has 1 fully saturated rings. The van der Waals surface area contributed by atoms with E-state index in [2.05, 4.69) is 57.3 Å². The number of halogens is 1. The molecule has 0 radical (unpaired) electrons. The molecule has 0 aliphatic carbocycles. The smallest absolute Gasteiger partial charge is 0.125 e. The van der Waals surface area contributed by atoms with Gasteiger partial charge in [0.1, 0.15) is 5.82 Å². The van der Waals surface area contributed by atoms with Gasteiger partial charge in [-0.05, 0) is 43.7 Å². The highest BCUT2D eigenvalue weighted by Crippen LogP contribution is 2.34. The number of hydrogen-bond acceptors (Lipinski definition) is 4. The lowest BCUT2D eigenvalue weighted by atomic mass is 10.2. The molecule has 2 aromatic rings. The van der Waals surface area contributed by atoms with Crippen molar-refractivity contribution >= 4 is 11.4 Å². The fourth-order valence-corrected chi connectivity index (χ4v) is 4.17. The number of rotatable bonds is 6. The van der Waals surface area contributed by atoms with E-state index in [1.807, 2.05) is 6.07 Å². The first-order valence-corrected chi connectivity index (χ1v) is 10.0. The van der Waals surface area contributed by atoms with Crippen molar-refractivity contribution in [1.82, 2.24) is 9.80 Å². The third-order valence-corrected chi connectivity index (χ3v) is 5.69. The van der Waals surface area contributed by atoms with Crippen molar-refractivity contribution in [1.29, 1.82) is 0 Å². The van der Waals surface area contributed by atoms with E-state index in [0.29, 0.717) is 0 Å². The van der Waals surface area contributed by atoms with E-state index in [-0.39, 0.29) is 12.0 Å². The summed E-state index contributed by atoms with van der Waals surface area (Å²) in [6.07, 6.45) is 1.32. The number of hydrogen-bond donors (Lipinski definition) is 1. The second kappa shape index (κ2) is 8.28. The number of anilines is 2. The van der Waals surface area contributed by atoms with E-state index < -0.39 is 0 Å². The predicted molar refractivity (Wildman–Crippen MR) is 110 cm³/mol. The summed E-state index contributed by atoms with van der Waals surface area (Å²) in [6, 6.07) is 15.7. The van der Waals surface area contributed by atoms with Crippen LogP contribution in [0.1, 0.15) is 18.9 Å². The van der Waals surface area contributed by atoms with Crippen LogP contribution in [0.2, 0.25) is 0 Å². The normalized spacial score (nSPS) is 20.5. The molecule has 4 rings (SSSR count). The molecule has 2 aliphatic rings. The van der Waals surface area contributed by atoms with Crippen molar-refractivity contribution in [3.63, 3.8) is 0 Å². The first-order valence-electron chi connectivity index (χ1n) is 10.0. The standard InChI is InChI=1S/C22H29FN4/c1-18-24-21-9-8-20(23)16-22(21)27(18)11-5-10-25-12-14-26(15-13-25)17-19-6-3-2-4-7-19/h2-4,6-9,16,18,24H,5,10-15,17H2,1H3. The Labute approximate surface area is 161 Å². The minimum atomic E-state index is -0.163. The molecule has 4 nitrogen and oxygen atoms in total. The second-order valence-corrected chi connectivity index (χ2v) is 7.63. The Balaban J connectivity index is 1.21. The van der Waals surface area contributed by atoms with Crippen LogP contribution >= 0.6 is 0 Å². The predicted octanol–water partition coefficient (Wildman–Crippen LogP) is 3.61. The summed E-state index contributed by atoms with van der Waals surface area (Å²) < 4.78 is 13.6. The Morgan fingerprint density at radius 3 is 2.48 bits per heavy atom. The third kappa shape index (κ3) is 4.42. The largest absolute Gasteiger partial charge is 0.364 e. The molecule has 2 aliphatic heterocycles. The molecule has 1 atom stereocenters. The Morgan fingerprint density at radius 1 is 0.963 bits per heavy atom. The number of fused-ring (bicyclic) bond motifs is 1. The zero-order valence-electron chi connectivity index (χ0n) is 16.1. The number of piperazine rings is 1. The van der Waals surface area contributed by atoms with Gasteiger partial charge >= 0.3 is 0 Å². The second-order valence-electron chi connectivity index (χ2n) is 7.63. The van der Waals surface area contributed by atoms with Gasteiger partial charge in [0.25, 0.3) is 0 Å². The Kier molecular flexibility index (Phi) is 5.60. The van der Waals surface area contributed by atoms with Gasteiger partial charge in [-0.15, -0.1) is 0 Å². The molecule has 1 saturated heterocycles. The molecule has 0 saturated carbocycles. The van der Waals surface area contributed by atoms with Crippen LogP contribution in [0.3, 0.4) is 0 Å². The molecule has 0 amide bonds. The number of nitrogens with one attached hydrogen (secondary N) is 1. The molecule has 2 aromatic carbocycles. The fourth-order valence-electron chi connectivity index (χ4n) is 4.17. The third-order valence-electron chi connectivity index (χ3n) is 5.69. The molecule has 0 bridgehead atoms. The van der Waals surface area contributed by atoms with Gasteiger partial charge in [0, 0.05) is 39.3 Å². The Morgan fingerprint density at radius 2 is 1.70 bits per heavy atom. The van der Waals surface area contributed by atoms with Gasteiger partial charge in [-0.3, -0.25) is 4.90 Å². The fraction of sp³-hybridized carbons (Fsp3) is 0.455. The average Bonchev–Trinajstić information content (AvgIpc) is 2.99. The molecule has 0 aromatic heterocycles. The molecule has 5 heteroatoms. The van der Waals surface area contributed by atoms with Crippen molar-refractivity contribution in [2.75, 3.05) is 49.5 Å². The van der Waals surface area contributed by atoms with Crippen molar-refractivity contribution in [3.05, 3.63) is 59.9 Å². The van der Waals surface area contributed by atoms with E-state index in [9.17, 15) is 4.39 Å². The molecule has 1 N–H and O–H groups in total. The molecule has 0 spiro atoms. The SMILES string of the molecule is CC1Nc2ccc(F)cc2N1CCCN1CCN(Cc2ccccc2)CC1. The van der Waals surface area contributed by atoms with E-state index in [1.54, 1.807) is 6.07 Å². The summed E-state index contributed by atoms with van der Waals surface area (Å²) in [7, 11) is 0. The van der Waals surface area contributed by atoms with Crippen molar-refractivity contribution < 1.29 is 4.39 Å². The van der Waals surface area contributed by atoms with Gasteiger partial charge in [-0.1, -0.05) is 30.3 Å². The molecule has 27 heavy (non-hydrogen) atoms. The highest BCUT2D eigenvalue weighted by molar-refractivity contribution is 5.75. The highest BCUT2D eigenvalue weighted by Gasteiger charge is 2.25. The minimum Gasteiger partial charge on any atom is -0.364 e. The van der Waals surface area contributed by atoms with Gasteiger partial charge in [0.05, 0.1) is 17.5 Å². The van der Waals surface area contributed by atoms with E-state index >= 15 is 0 Å². The van der Waals surface area contributed by atoms with Crippen LogP contribution in [0.4, 0.5) is 15.8 Å². The van der Waals surface area contributed by atoms with E-state index in [0.717, 1.165) is 63.6 Å². The maximum atomic E-state index is 13.6.